The number of likely N-dealkylation sites (tertiary alicyclic amines) is 1. The number of nitrogens with one attached hydrogen (secondary N) is 2. The predicted molar refractivity (Wildman–Crippen MR) is 140 cm³/mol. The van der Waals surface area contributed by atoms with Crippen LogP contribution >= 0.6 is 0 Å². The van der Waals surface area contributed by atoms with E-state index in [2.05, 4.69) is 64.6 Å². The molecule has 5 rings (SSSR count). The summed E-state index contributed by atoms with van der Waals surface area (Å²) in [6.45, 7) is 5.32. The molecule has 2 N–H and O–H groups in total. The average Bonchev–Trinajstić information content (AvgIpc) is 3.28. The van der Waals surface area contributed by atoms with Crippen molar-refractivity contribution in [3.8, 4) is 22.4 Å². The molecule has 3 aromatic rings. The van der Waals surface area contributed by atoms with Crippen molar-refractivity contribution < 1.29 is 4.79 Å². The van der Waals surface area contributed by atoms with Crippen LogP contribution in [0.1, 0.15) is 67.1 Å². The molecule has 1 aliphatic heterocycles. The molecule has 0 saturated carbocycles. The van der Waals surface area contributed by atoms with E-state index in [1.54, 1.807) is 0 Å². The van der Waals surface area contributed by atoms with Gasteiger partial charge in [0, 0.05) is 36.0 Å². The number of piperidine rings is 1. The summed E-state index contributed by atoms with van der Waals surface area (Å²) >= 11 is 0. The summed E-state index contributed by atoms with van der Waals surface area (Å²) in [5.41, 5.74) is 8.49. The second-order valence-electron chi connectivity index (χ2n) is 9.97. The third-order valence-electron chi connectivity index (χ3n) is 7.64. The fraction of sp³-hybridized carbons (Fsp3) is 0.433. The molecule has 4 heteroatoms. The number of aromatic amines is 1. The van der Waals surface area contributed by atoms with Crippen LogP contribution in [0.15, 0.2) is 54.6 Å². The molecule has 1 atom stereocenters. The highest BCUT2D eigenvalue weighted by Gasteiger charge is 2.22. The molecular formula is C30H37N3O. The van der Waals surface area contributed by atoms with E-state index in [0.29, 0.717) is 6.04 Å². The van der Waals surface area contributed by atoms with E-state index < -0.39 is 0 Å². The van der Waals surface area contributed by atoms with Gasteiger partial charge in [0.25, 0.3) is 5.91 Å². The van der Waals surface area contributed by atoms with E-state index >= 15 is 0 Å². The third-order valence-corrected chi connectivity index (χ3v) is 7.64. The number of nitrogens with zero attached hydrogens (tertiary/aromatic N) is 1. The smallest absolute Gasteiger partial charge is 0.251 e. The Bertz CT molecular complexity index is 1100. The summed E-state index contributed by atoms with van der Waals surface area (Å²) in [7, 11) is 0. The van der Waals surface area contributed by atoms with Crippen LogP contribution < -0.4 is 5.32 Å². The summed E-state index contributed by atoms with van der Waals surface area (Å²) in [5, 5.41) is 3.12. The van der Waals surface area contributed by atoms with Gasteiger partial charge >= 0.3 is 0 Å². The molecule has 1 aromatic heterocycles. The van der Waals surface area contributed by atoms with Crippen LogP contribution in [0, 0.1) is 0 Å². The average molecular weight is 456 g/mol. The Morgan fingerprint density at radius 1 is 0.971 bits per heavy atom. The van der Waals surface area contributed by atoms with Crippen LogP contribution in [0.2, 0.25) is 0 Å². The first-order valence-electron chi connectivity index (χ1n) is 13.1. The maximum absolute atomic E-state index is 12.7. The molecule has 34 heavy (non-hydrogen) atoms. The Labute approximate surface area is 203 Å². The van der Waals surface area contributed by atoms with Crippen LogP contribution in [-0.2, 0) is 12.8 Å². The van der Waals surface area contributed by atoms with Crippen molar-refractivity contribution in [2.45, 2.75) is 64.3 Å². The molecule has 2 aromatic carbocycles. The Kier molecular flexibility index (Phi) is 7.15. The standard InChI is InChI=1S/C30H37N3O/c1-22-10-7-8-20-33(22)21-9-19-31-30(34)25-17-15-23(16-18-25)28-26-13-5-6-14-27(26)32-29(28)24-11-3-2-4-12-24/h2-4,11-12,15-18,22,32H,5-10,13-14,19-21H2,1H3,(H,31,34). The molecule has 1 saturated heterocycles. The molecule has 2 heterocycles. The second-order valence-corrected chi connectivity index (χ2v) is 9.97. The van der Waals surface area contributed by atoms with Crippen LogP contribution in [0.25, 0.3) is 22.4 Å². The lowest BCUT2D eigenvalue weighted by Gasteiger charge is -2.33. The van der Waals surface area contributed by atoms with E-state index in [0.717, 1.165) is 37.9 Å². The van der Waals surface area contributed by atoms with Crippen molar-refractivity contribution in [1.29, 1.82) is 0 Å². The van der Waals surface area contributed by atoms with Crippen molar-refractivity contribution in [3.05, 3.63) is 71.4 Å². The minimum Gasteiger partial charge on any atom is -0.358 e. The molecule has 0 radical (unpaired) electrons. The van der Waals surface area contributed by atoms with Crippen LogP contribution in [-0.4, -0.2) is 41.5 Å². The summed E-state index contributed by atoms with van der Waals surface area (Å²) in [5.74, 6) is 0.0256. The SMILES string of the molecule is CC1CCCCN1CCCNC(=O)c1ccc(-c2c(-c3ccccc3)[nH]c3c2CCCC3)cc1. The molecule has 4 nitrogen and oxygen atoms in total. The van der Waals surface area contributed by atoms with Gasteiger partial charge < -0.3 is 15.2 Å². The number of aryl methyl sites for hydroxylation is 1. The number of carbonyl (C=O) groups is 1. The monoisotopic (exact) mass is 455 g/mol. The van der Waals surface area contributed by atoms with Crippen molar-refractivity contribution in [2.75, 3.05) is 19.6 Å². The predicted octanol–water partition coefficient (Wildman–Crippen LogP) is 6.22. The number of H-pyrrole nitrogens is 1. The first-order chi connectivity index (χ1) is 16.7. The number of rotatable bonds is 7. The molecule has 178 valence electrons. The van der Waals surface area contributed by atoms with Gasteiger partial charge in [0.05, 0.1) is 5.69 Å². The maximum Gasteiger partial charge on any atom is 0.251 e. The van der Waals surface area contributed by atoms with Gasteiger partial charge in [-0.05, 0) is 87.2 Å². The topological polar surface area (TPSA) is 48.1 Å². The molecule has 1 unspecified atom stereocenters. The summed E-state index contributed by atoms with van der Waals surface area (Å²) < 4.78 is 0. The number of benzene rings is 2. The highest BCUT2D eigenvalue weighted by Crippen LogP contribution is 2.39. The van der Waals surface area contributed by atoms with E-state index in [9.17, 15) is 4.79 Å². The molecule has 0 spiro atoms. The van der Waals surface area contributed by atoms with Gasteiger partial charge in [-0.2, -0.15) is 0 Å². The summed E-state index contributed by atoms with van der Waals surface area (Å²) in [6, 6.07) is 19.5. The Balaban J connectivity index is 1.27. The Morgan fingerprint density at radius 3 is 2.56 bits per heavy atom. The molecule has 1 fully saturated rings. The van der Waals surface area contributed by atoms with E-state index in [1.165, 1.54) is 72.3 Å². The van der Waals surface area contributed by atoms with Gasteiger partial charge in [0.2, 0.25) is 0 Å². The van der Waals surface area contributed by atoms with Crippen LogP contribution in [0.4, 0.5) is 0 Å². The number of aromatic nitrogens is 1. The zero-order chi connectivity index (χ0) is 23.3. The second kappa shape index (κ2) is 10.6. The highest BCUT2D eigenvalue weighted by molar-refractivity contribution is 5.95. The van der Waals surface area contributed by atoms with E-state index in [-0.39, 0.29) is 5.91 Å². The van der Waals surface area contributed by atoms with Gasteiger partial charge in [-0.15, -0.1) is 0 Å². The van der Waals surface area contributed by atoms with Gasteiger partial charge in [-0.3, -0.25) is 4.79 Å². The number of carbonyl (C=O) groups excluding carboxylic acids is 1. The van der Waals surface area contributed by atoms with Gasteiger partial charge in [-0.1, -0.05) is 48.9 Å². The quantitative estimate of drug-likeness (QED) is 0.415. The maximum atomic E-state index is 12.7. The molecule has 1 aliphatic carbocycles. The highest BCUT2D eigenvalue weighted by atomic mass is 16.1. The molecule has 0 bridgehead atoms. The summed E-state index contributed by atoms with van der Waals surface area (Å²) in [6.07, 6.45) is 9.68. The molecule has 1 amide bonds. The Morgan fingerprint density at radius 2 is 1.76 bits per heavy atom. The summed E-state index contributed by atoms with van der Waals surface area (Å²) in [4.78, 5) is 19.0. The van der Waals surface area contributed by atoms with Gasteiger partial charge in [-0.25, -0.2) is 0 Å². The lowest BCUT2D eigenvalue weighted by molar-refractivity contribution is 0.0949. The van der Waals surface area contributed by atoms with Crippen molar-refractivity contribution in [2.24, 2.45) is 0 Å². The number of hydrogen-bond acceptors (Lipinski definition) is 2. The minimum absolute atomic E-state index is 0.0256. The van der Waals surface area contributed by atoms with Crippen molar-refractivity contribution >= 4 is 5.91 Å². The lowest BCUT2D eigenvalue weighted by Crippen LogP contribution is -2.39. The lowest BCUT2D eigenvalue weighted by atomic mass is 9.90. The molecular weight excluding hydrogens is 418 g/mol. The van der Waals surface area contributed by atoms with Gasteiger partial charge in [0.1, 0.15) is 0 Å². The van der Waals surface area contributed by atoms with Gasteiger partial charge in [0.15, 0.2) is 0 Å². The fourth-order valence-corrected chi connectivity index (χ4v) is 5.69. The number of hydrogen-bond donors (Lipinski definition) is 2. The fourth-order valence-electron chi connectivity index (χ4n) is 5.69. The first kappa shape index (κ1) is 22.9. The zero-order valence-electron chi connectivity index (χ0n) is 20.4. The number of fused-ring (bicyclic) bond motifs is 1. The van der Waals surface area contributed by atoms with Crippen molar-refractivity contribution in [3.63, 3.8) is 0 Å². The minimum atomic E-state index is 0.0256. The van der Waals surface area contributed by atoms with Crippen molar-refractivity contribution in [1.82, 2.24) is 15.2 Å². The Hall–Kier alpha value is -2.85. The number of amides is 1. The van der Waals surface area contributed by atoms with Crippen LogP contribution in [0.5, 0.6) is 0 Å². The largest absolute Gasteiger partial charge is 0.358 e. The normalized spacial score (nSPS) is 18.4. The first-order valence-corrected chi connectivity index (χ1v) is 13.1. The third kappa shape index (κ3) is 4.97. The van der Waals surface area contributed by atoms with E-state index in [1.807, 2.05) is 12.1 Å². The zero-order valence-corrected chi connectivity index (χ0v) is 20.4. The molecule has 2 aliphatic rings. The van der Waals surface area contributed by atoms with Crippen LogP contribution in [0.3, 0.4) is 0 Å². The van der Waals surface area contributed by atoms with E-state index in [4.69, 9.17) is 0 Å².